The number of amides is 1. The molecule has 4 bridgehead atoms. The average molecular weight is 584 g/mol. The zero-order valence-electron chi connectivity index (χ0n) is 23.5. The van der Waals surface area contributed by atoms with Crippen molar-refractivity contribution in [2.45, 2.75) is 61.8 Å². The summed E-state index contributed by atoms with van der Waals surface area (Å²) in [4.78, 5) is 22.0. The summed E-state index contributed by atoms with van der Waals surface area (Å²) >= 11 is 0. The average Bonchev–Trinajstić information content (AvgIpc) is 2.92. The molecule has 12 heteroatoms. The van der Waals surface area contributed by atoms with Crippen molar-refractivity contribution in [3.05, 3.63) is 59.9 Å². The number of para-hydroxylation sites is 1. The van der Waals surface area contributed by atoms with Crippen LogP contribution in [0, 0.1) is 0 Å². The smallest absolute Gasteiger partial charge is 0.278 e. The number of nitrogen functional groups attached to an aromatic ring is 1. The largest absolute Gasteiger partial charge is 0.491 e. The molecule has 1 aromatic heterocycles. The van der Waals surface area contributed by atoms with Crippen molar-refractivity contribution < 1.29 is 27.8 Å². The van der Waals surface area contributed by atoms with Gasteiger partial charge in [-0.25, -0.2) is 18.4 Å². The minimum Gasteiger partial charge on any atom is -0.491 e. The summed E-state index contributed by atoms with van der Waals surface area (Å²) in [6.07, 6.45) is 2.65. The lowest BCUT2D eigenvalue weighted by Gasteiger charge is -2.33. The lowest BCUT2D eigenvalue weighted by Crippen LogP contribution is -2.43. The maximum atomic E-state index is 13.5. The van der Waals surface area contributed by atoms with Gasteiger partial charge in [-0.2, -0.15) is 0 Å². The van der Waals surface area contributed by atoms with Gasteiger partial charge >= 0.3 is 0 Å². The van der Waals surface area contributed by atoms with Gasteiger partial charge in [0.25, 0.3) is 5.91 Å². The summed E-state index contributed by atoms with van der Waals surface area (Å²) in [5.74, 6) is -0.193. The Balaban J connectivity index is 1.73. The van der Waals surface area contributed by atoms with Crippen LogP contribution < -0.4 is 21.5 Å². The quantitative estimate of drug-likeness (QED) is 0.332. The van der Waals surface area contributed by atoms with Gasteiger partial charge in [-0.3, -0.25) is 4.79 Å². The molecule has 220 valence electrons. The Morgan fingerprint density at radius 2 is 1.78 bits per heavy atom. The molecule has 5 rings (SSSR count). The summed E-state index contributed by atoms with van der Waals surface area (Å²) in [6.45, 7) is 5.62. The normalized spacial score (nSPS) is 21.4. The van der Waals surface area contributed by atoms with E-state index in [0.29, 0.717) is 48.7 Å². The number of carbonyl (C=O) groups excluding carboxylic acids is 1. The lowest BCUT2D eigenvalue weighted by atomic mass is 9.94. The predicted molar refractivity (Wildman–Crippen MR) is 156 cm³/mol. The minimum atomic E-state index is -3.83. The molecule has 41 heavy (non-hydrogen) atoms. The van der Waals surface area contributed by atoms with Gasteiger partial charge in [-0.1, -0.05) is 24.3 Å². The number of aromatic nitrogens is 2. The van der Waals surface area contributed by atoms with Crippen LogP contribution in [0.1, 0.15) is 56.1 Å². The number of nitrogens with two attached hydrogens (primary N) is 2. The third-order valence-electron chi connectivity index (χ3n) is 6.92. The lowest BCUT2D eigenvalue weighted by molar-refractivity contribution is -0.0444. The van der Waals surface area contributed by atoms with Crippen molar-refractivity contribution in [2.75, 3.05) is 30.9 Å². The number of hydrogen-bond donors (Lipinski definition) is 4. The van der Waals surface area contributed by atoms with Crippen LogP contribution in [0.25, 0.3) is 11.3 Å². The second-order valence-electron chi connectivity index (χ2n) is 11.0. The molecule has 0 saturated heterocycles. The van der Waals surface area contributed by atoms with Gasteiger partial charge in [-0.15, -0.1) is 0 Å². The Labute approximate surface area is 240 Å². The first kappa shape index (κ1) is 30.4. The molecule has 0 fully saturated rings. The zero-order valence-corrected chi connectivity index (χ0v) is 24.3. The van der Waals surface area contributed by atoms with Gasteiger partial charge in [0.05, 0.1) is 46.0 Å². The molecular weight excluding hydrogens is 546 g/mol. The second kappa shape index (κ2) is 12.1. The molecule has 1 unspecified atom stereocenters. The van der Waals surface area contributed by atoms with Crippen LogP contribution in [0.2, 0.25) is 0 Å². The van der Waals surface area contributed by atoms with Crippen molar-refractivity contribution >= 4 is 27.2 Å². The van der Waals surface area contributed by atoms with Crippen LogP contribution in [0.15, 0.2) is 53.6 Å². The summed E-state index contributed by atoms with van der Waals surface area (Å²) in [6, 6.07) is 11.4. The SMILES string of the molecule is CC1(O)COCCCCOc2c(CN)cccc2NC(=O)c2nc(cnc2N)-c2ccc(cc2)S(=O)(=O)C(C)(C)C1. The van der Waals surface area contributed by atoms with E-state index in [2.05, 4.69) is 15.3 Å². The highest BCUT2D eigenvalue weighted by atomic mass is 32.2. The second-order valence-corrected chi connectivity index (χ2v) is 13.6. The van der Waals surface area contributed by atoms with Crippen LogP contribution in [0.4, 0.5) is 11.5 Å². The molecule has 6 N–H and O–H groups in total. The fraction of sp³-hybridized carbons (Fsp3) is 0.414. The van der Waals surface area contributed by atoms with Gasteiger partial charge in [0.1, 0.15) is 5.75 Å². The number of hydrogen-bond acceptors (Lipinski definition) is 10. The van der Waals surface area contributed by atoms with E-state index in [1.54, 1.807) is 45.0 Å². The number of carbonyl (C=O) groups is 1. The van der Waals surface area contributed by atoms with Crippen LogP contribution >= 0.6 is 0 Å². The monoisotopic (exact) mass is 583 g/mol. The number of nitrogens with zero attached hydrogens (tertiary/aromatic N) is 2. The Kier molecular flexibility index (Phi) is 8.97. The molecule has 11 nitrogen and oxygen atoms in total. The number of nitrogens with one attached hydrogen (secondary N) is 1. The molecule has 2 aliphatic heterocycles. The molecule has 3 aromatic rings. The fourth-order valence-electron chi connectivity index (χ4n) is 4.86. The molecule has 1 atom stereocenters. The van der Waals surface area contributed by atoms with E-state index in [4.69, 9.17) is 20.9 Å². The van der Waals surface area contributed by atoms with Gasteiger partial charge in [0.15, 0.2) is 21.3 Å². The Bertz CT molecular complexity index is 1510. The topological polar surface area (TPSA) is 180 Å². The molecule has 2 aliphatic rings. The first-order valence-electron chi connectivity index (χ1n) is 13.4. The molecular formula is C29H37N5O6S. The van der Waals surface area contributed by atoms with E-state index in [-0.39, 0.29) is 36.0 Å². The van der Waals surface area contributed by atoms with E-state index in [0.717, 1.165) is 5.56 Å². The number of fused-ring (bicyclic) bond motifs is 13. The molecule has 3 heterocycles. The zero-order chi connectivity index (χ0) is 29.8. The van der Waals surface area contributed by atoms with Crippen molar-refractivity contribution in [1.82, 2.24) is 9.97 Å². The molecule has 0 radical (unpaired) electrons. The number of rotatable bonds is 1. The first-order valence-corrected chi connectivity index (χ1v) is 14.9. The van der Waals surface area contributed by atoms with Crippen LogP contribution in [0.5, 0.6) is 5.75 Å². The van der Waals surface area contributed by atoms with Crippen molar-refractivity contribution in [2.24, 2.45) is 5.73 Å². The highest BCUT2D eigenvalue weighted by Crippen LogP contribution is 2.34. The number of sulfone groups is 1. The summed E-state index contributed by atoms with van der Waals surface area (Å²) in [5, 5.41) is 13.8. The number of ether oxygens (including phenoxy) is 2. The predicted octanol–water partition coefficient (Wildman–Crippen LogP) is 3.32. The van der Waals surface area contributed by atoms with E-state index in [1.807, 2.05) is 6.07 Å². The third-order valence-corrected chi connectivity index (χ3v) is 9.41. The maximum Gasteiger partial charge on any atom is 0.278 e. The van der Waals surface area contributed by atoms with Crippen LogP contribution in [-0.4, -0.2) is 59.6 Å². The molecule has 0 spiro atoms. The Hall–Kier alpha value is -3.58. The van der Waals surface area contributed by atoms with Gasteiger partial charge in [0.2, 0.25) is 0 Å². The molecule has 0 aliphatic carbocycles. The van der Waals surface area contributed by atoms with Crippen LogP contribution in [0.3, 0.4) is 0 Å². The highest BCUT2D eigenvalue weighted by molar-refractivity contribution is 7.92. The van der Waals surface area contributed by atoms with Gasteiger partial charge in [-0.05, 0) is 58.2 Å². The van der Waals surface area contributed by atoms with Crippen molar-refractivity contribution in [3.63, 3.8) is 0 Å². The number of benzene rings is 2. The Morgan fingerprint density at radius 3 is 2.49 bits per heavy atom. The minimum absolute atomic E-state index is 0.0178. The molecule has 2 aromatic carbocycles. The maximum absolute atomic E-state index is 13.5. The van der Waals surface area contributed by atoms with Gasteiger partial charge in [0, 0.05) is 24.3 Å². The van der Waals surface area contributed by atoms with E-state index < -0.39 is 26.1 Å². The third kappa shape index (κ3) is 6.84. The summed E-state index contributed by atoms with van der Waals surface area (Å²) < 4.78 is 37.5. The molecule has 1 amide bonds. The van der Waals surface area contributed by atoms with Crippen molar-refractivity contribution in [3.8, 4) is 17.0 Å². The van der Waals surface area contributed by atoms with Gasteiger partial charge < -0.3 is 31.4 Å². The van der Waals surface area contributed by atoms with E-state index in [9.17, 15) is 18.3 Å². The Morgan fingerprint density at radius 1 is 1.07 bits per heavy atom. The number of anilines is 2. The van der Waals surface area contributed by atoms with E-state index in [1.165, 1.54) is 18.3 Å². The fourth-order valence-corrected chi connectivity index (χ4v) is 6.49. The summed E-state index contributed by atoms with van der Waals surface area (Å²) in [7, 11) is -3.83. The standard InChI is InChI=1S/C29H37N5O6S/c1-28(2)17-29(3,36)18-39-13-4-5-14-40-25-20(15-30)7-6-8-22(25)34-27(35)24-26(31)32-16-23(33-24)19-9-11-21(12-10-19)41(28,37)38/h6-12,16,36H,4-5,13-15,17-18,30H2,1-3H3,(H2,31,32)(H,34,35). The van der Waals surface area contributed by atoms with E-state index >= 15 is 0 Å². The van der Waals surface area contributed by atoms with Crippen molar-refractivity contribution in [1.29, 1.82) is 0 Å². The summed E-state index contributed by atoms with van der Waals surface area (Å²) in [5.41, 5.74) is 12.5. The first-order chi connectivity index (χ1) is 19.3. The highest BCUT2D eigenvalue weighted by Gasteiger charge is 2.41. The molecule has 0 saturated carbocycles. The number of aliphatic hydroxyl groups is 1. The van der Waals surface area contributed by atoms with Crippen LogP contribution in [-0.2, 0) is 21.1 Å².